The maximum atomic E-state index is 12.2. The van der Waals surface area contributed by atoms with Gasteiger partial charge in [-0.1, -0.05) is 61.5 Å². The van der Waals surface area contributed by atoms with Crippen LogP contribution in [0.3, 0.4) is 0 Å². The van der Waals surface area contributed by atoms with Gasteiger partial charge in [0, 0.05) is 12.5 Å². The fourth-order valence-corrected chi connectivity index (χ4v) is 2.92. The Morgan fingerprint density at radius 1 is 1.08 bits per heavy atom. The standard InChI is InChI=1S/C21H26N2O2/c1-16(20-12-22-13-20)21(24)23-11-18-8-5-9-19(10-18)15-25-14-17-6-3-2-4-7-17/h2-10,16,20,22H,11-15H2,1H3,(H,23,24). The van der Waals surface area contributed by atoms with E-state index in [4.69, 9.17) is 4.74 Å². The molecular formula is C21H26N2O2. The second kappa shape index (κ2) is 8.79. The smallest absolute Gasteiger partial charge is 0.223 e. The number of carbonyl (C=O) groups excluding carboxylic acids is 1. The molecule has 0 aromatic heterocycles. The number of hydrogen-bond acceptors (Lipinski definition) is 3. The monoisotopic (exact) mass is 338 g/mol. The fraction of sp³-hybridized carbons (Fsp3) is 0.381. The van der Waals surface area contributed by atoms with Crippen LogP contribution in [0.4, 0.5) is 0 Å². The van der Waals surface area contributed by atoms with Gasteiger partial charge in [-0.15, -0.1) is 0 Å². The van der Waals surface area contributed by atoms with Crippen molar-refractivity contribution in [1.29, 1.82) is 0 Å². The summed E-state index contributed by atoms with van der Waals surface area (Å²) in [5, 5.41) is 6.27. The molecule has 1 saturated heterocycles. The predicted octanol–water partition coefficient (Wildman–Crippen LogP) is 2.88. The van der Waals surface area contributed by atoms with Gasteiger partial charge >= 0.3 is 0 Å². The first-order valence-corrected chi connectivity index (χ1v) is 8.90. The third-order valence-electron chi connectivity index (χ3n) is 4.77. The molecule has 1 heterocycles. The summed E-state index contributed by atoms with van der Waals surface area (Å²) in [7, 11) is 0. The SMILES string of the molecule is CC(C(=O)NCc1cccc(COCc2ccccc2)c1)C1CNC1. The van der Waals surface area contributed by atoms with E-state index in [9.17, 15) is 4.79 Å². The van der Waals surface area contributed by atoms with Crippen LogP contribution in [-0.2, 0) is 29.3 Å². The molecule has 0 bridgehead atoms. The molecule has 1 amide bonds. The highest BCUT2D eigenvalue weighted by Crippen LogP contribution is 2.16. The van der Waals surface area contributed by atoms with Crippen LogP contribution in [0.1, 0.15) is 23.6 Å². The van der Waals surface area contributed by atoms with E-state index in [-0.39, 0.29) is 11.8 Å². The van der Waals surface area contributed by atoms with Crippen molar-refractivity contribution in [3.8, 4) is 0 Å². The van der Waals surface area contributed by atoms with E-state index in [0.29, 0.717) is 25.7 Å². The van der Waals surface area contributed by atoms with Crippen molar-refractivity contribution in [2.24, 2.45) is 11.8 Å². The van der Waals surface area contributed by atoms with E-state index in [1.54, 1.807) is 0 Å². The van der Waals surface area contributed by atoms with Crippen LogP contribution in [0.15, 0.2) is 54.6 Å². The van der Waals surface area contributed by atoms with Crippen LogP contribution in [0, 0.1) is 11.8 Å². The predicted molar refractivity (Wildman–Crippen MR) is 98.7 cm³/mol. The van der Waals surface area contributed by atoms with Gasteiger partial charge in [-0.25, -0.2) is 0 Å². The first kappa shape index (κ1) is 17.6. The summed E-state index contributed by atoms with van der Waals surface area (Å²) in [6, 6.07) is 18.4. The van der Waals surface area contributed by atoms with Crippen molar-refractivity contribution in [2.45, 2.75) is 26.7 Å². The van der Waals surface area contributed by atoms with Crippen LogP contribution >= 0.6 is 0 Å². The highest BCUT2D eigenvalue weighted by molar-refractivity contribution is 5.78. The quantitative estimate of drug-likeness (QED) is 0.778. The van der Waals surface area contributed by atoms with Gasteiger partial charge in [-0.3, -0.25) is 4.79 Å². The Morgan fingerprint density at radius 3 is 2.48 bits per heavy atom. The van der Waals surface area contributed by atoms with Crippen molar-refractivity contribution in [1.82, 2.24) is 10.6 Å². The molecule has 25 heavy (non-hydrogen) atoms. The summed E-state index contributed by atoms with van der Waals surface area (Å²) in [4.78, 5) is 12.2. The Labute approximate surface area is 149 Å². The Balaban J connectivity index is 1.45. The summed E-state index contributed by atoms with van der Waals surface area (Å²) in [5.41, 5.74) is 3.40. The highest BCUT2D eigenvalue weighted by Gasteiger charge is 2.28. The molecular weight excluding hydrogens is 312 g/mol. The average Bonchev–Trinajstić information content (AvgIpc) is 2.59. The average molecular weight is 338 g/mol. The first-order valence-electron chi connectivity index (χ1n) is 8.90. The molecule has 0 saturated carbocycles. The Morgan fingerprint density at radius 2 is 1.76 bits per heavy atom. The van der Waals surface area contributed by atoms with Gasteiger partial charge in [0.05, 0.1) is 13.2 Å². The van der Waals surface area contributed by atoms with Crippen LogP contribution in [0.2, 0.25) is 0 Å². The summed E-state index contributed by atoms with van der Waals surface area (Å²) in [6.45, 7) is 5.64. The summed E-state index contributed by atoms with van der Waals surface area (Å²) in [5.74, 6) is 0.675. The number of benzene rings is 2. The fourth-order valence-electron chi connectivity index (χ4n) is 2.92. The minimum Gasteiger partial charge on any atom is -0.372 e. The molecule has 1 aliphatic heterocycles. The number of carbonyl (C=O) groups is 1. The molecule has 2 aromatic rings. The Bertz CT molecular complexity index is 683. The van der Waals surface area contributed by atoms with Gasteiger partial charge in [-0.2, -0.15) is 0 Å². The van der Waals surface area contributed by atoms with E-state index in [1.165, 1.54) is 5.56 Å². The Hall–Kier alpha value is -2.17. The van der Waals surface area contributed by atoms with E-state index in [1.807, 2.05) is 37.3 Å². The molecule has 3 rings (SSSR count). The molecule has 4 heteroatoms. The minimum atomic E-state index is 0.0682. The van der Waals surface area contributed by atoms with Gasteiger partial charge in [0.2, 0.25) is 5.91 Å². The molecule has 0 aliphatic carbocycles. The van der Waals surface area contributed by atoms with Crippen molar-refractivity contribution in [3.05, 3.63) is 71.3 Å². The van der Waals surface area contributed by atoms with Crippen LogP contribution in [0.25, 0.3) is 0 Å². The summed E-state index contributed by atoms with van der Waals surface area (Å²) >= 11 is 0. The Kier molecular flexibility index (Phi) is 6.20. The molecule has 132 valence electrons. The second-order valence-electron chi connectivity index (χ2n) is 6.72. The maximum absolute atomic E-state index is 12.2. The van der Waals surface area contributed by atoms with Crippen LogP contribution in [-0.4, -0.2) is 19.0 Å². The molecule has 1 aliphatic rings. The van der Waals surface area contributed by atoms with Crippen molar-refractivity contribution < 1.29 is 9.53 Å². The lowest BCUT2D eigenvalue weighted by molar-refractivity contribution is -0.126. The molecule has 1 unspecified atom stereocenters. The van der Waals surface area contributed by atoms with Crippen molar-refractivity contribution >= 4 is 5.91 Å². The molecule has 4 nitrogen and oxygen atoms in total. The molecule has 0 radical (unpaired) electrons. The normalized spacial score (nSPS) is 15.4. The largest absolute Gasteiger partial charge is 0.372 e. The number of amides is 1. The highest BCUT2D eigenvalue weighted by atomic mass is 16.5. The summed E-state index contributed by atoms with van der Waals surface area (Å²) < 4.78 is 5.78. The lowest BCUT2D eigenvalue weighted by Gasteiger charge is -2.31. The van der Waals surface area contributed by atoms with Gasteiger partial charge < -0.3 is 15.4 Å². The zero-order valence-electron chi connectivity index (χ0n) is 14.7. The third kappa shape index (κ3) is 5.15. The number of rotatable bonds is 8. The second-order valence-corrected chi connectivity index (χ2v) is 6.72. The van der Waals surface area contributed by atoms with Gasteiger partial charge in [0.1, 0.15) is 0 Å². The topological polar surface area (TPSA) is 50.4 Å². The van der Waals surface area contributed by atoms with Crippen molar-refractivity contribution in [3.63, 3.8) is 0 Å². The molecule has 2 N–H and O–H groups in total. The van der Waals surface area contributed by atoms with Crippen LogP contribution < -0.4 is 10.6 Å². The van der Waals surface area contributed by atoms with Gasteiger partial charge in [0.25, 0.3) is 0 Å². The van der Waals surface area contributed by atoms with E-state index in [0.717, 1.165) is 24.2 Å². The molecule has 2 aromatic carbocycles. The number of hydrogen-bond donors (Lipinski definition) is 2. The van der Waals surface area contributed by atoms with Crippen molar-refractivity contribution in [2.75, 3.05) is 13.1 Å². The van der Waals surface area contributed by atoms with E-state index in [2.05, 4.69) is 34.9 Å². The van der Waals surface area contributed by atoms with E-state index < -0.39 is 0 Å². The van der Waals surface area contributed by atoms with Gasteiger partial charge in [0.15, 0.2) is 0 Å². The number of nitrogens with one attached hydrogen (secondary N) is 2. The van der Waals surface area contributed by atoms with Gasteiger partial charge in [-0.05, 0) is 35.7 Å². The molecule has 1 fully saturated rings. The maximum Gasteiger partial charge on any atom is 0.223 e. The first-order chi connectivity index (χ1) is 12.2. The molecule has 0 spiro atoms. The zero-order chi connectivity index (χ0) is 17.5. The summed E-state index contributed by atoms with van der Waals surface area (Å²) in [6.07, 6.45) is 0. The lowest BCUT2D eigenvalue weighted by atomic mass is 9.88. The van der Waals surface area contributed by atoms with E-state index >= 15 is 0 Å². The lowest BCUT2D eigenvalue weighted by Crippen LogP contribution is -2.49. The third-order valence-corrected chi connectivity index (χ3v) is 4.77. The minimum absolute atomic E-state index is 0.0682. The number of ether oxygens (including phenoxy) is 1. The molecule has 1 atom stereocenters. The zero-order valence-corrected chi connectivity index (χ0v) is 14.7. The van der Waals surface area contributed by atoms with Crippen LogP contribution in [0.5, 0.6) is 0 Å².